The van der Waals surface area contributed by atoms with Crippen LogP contribution in [0, 0.1) is 3.57 Å². The number of carboxylic acids is 1. The van der Waals surface area contributed by atoms with E-state index in [1.807, 2.05) is 24.3 Å². The van der Waals surface area contributed by atoms with Gasteiger partial charge in [-0.3, -0.25) is 4.79 Å². The summed E-state index contributed by atoms with van der Waals surface area (Å²) in [6, 6.07) is 11.2. The van der Waals surface area contributed by atoms with Crippen LogP contribution in [0.3, 0.4) is 0 Å². The van der Waals surface area contributed by atoms with Gasteiger partial charge in [0, 0.05) is 11.4 Å². The highest BCUT2D eigenvalue weighted by Gasteiger charge is 2.14. The quantitative estimate of drug-likeness (QED) is 0.402. The monoisotopic (exact) mass is 545 g/mol. The molecule has 8 heteroatoms. The molecule has 2 rings (SSSR count). The third-order valence-electron chi connectivity index (χ3n) is 3.40. The van der Waals surface area contributed by atoms with E-state index in [1.54, 1.807) is 12.1 Å². The number of carbonyl (C=O) groups is 2. The van der Waals surface area contributed by atoms with E-state index in [9.17, 15) is 14.7 Å². The van der Waals surface area contributed by atoms with Crippen LogP contribution >= 0.6 is 38.5 Å². The molecule has 2 aromatic rings. The van der Waals surface area contributed by atoms with Crippen molar-refractivity contribution in [3.8, 4) is 11.5 Å². The zero-order valence-corrected chi connectivity index (χ0v) is 18.3. The van der Waals surface area contributed by atoms with Gasteiger partial charge in [0.25, 0.3) is 0 Å². The van der Waals surface area contributed by atoms with Crippen LogP contribution in [0.4, 0.5) is 0 Å². The molecule has 0 spiro atoms. The molecule has 0 aliphatic heterocycles. The predicted octanol–water partition coefficient (Wildman–Crippen LogP) is 4.20. The first-order chi connectivity index (χ1) is 12.8. The fourth-order valence-electron chi connectivity index (χ4n) is 2.21. The molecule has 0 unspecified atom stereocenters. The predicted molar refractivity (Wildman–Crippen MR) is 114 cm³/mol. The Bertz CT molecular complexity index is 880. The maximum absolute atomic E-state index is 11.3. The maximum Gasteiger partial charge on any atom is 0.352 e. The molecule has 0 radical (unpaired) electrons. The van der Waals surface area contributed by atoms with E-state index in [1.165, 1.54) is 20.1 Å². The molecular weight excluding hydrogens is 529 g/mol. The number of carboxylic acid groups (broad SMARTS) is 1. The molecule has 0 aliphatic carbocycles. The van der Waals surface area contributed by atoms with Gasteiger partial charge in [0.2, 0.25) is 5.91 Å². The minimum atomic E-state index is -1.23. The zero-order chi connectivity index (χ0) is 20.0. The molecule has 0 atom stereocenters. The molecular formula is C19H17BrINO5. The van der Waals surface area contributed by atoms with Gasteiger partial charge in [0.1, 0.15) is 12.3 Å². The average Bonchev–Trinajstić information content (AvgIpc) is 2.60. The largest absolute Gasteiger partial charge is 0.493 e. The minimum Gasteiger partial charge on any atom is -0.493 e. The van der Waals surface area contributed by atoms with E-state index < -0.39 is 11.9 Å². The molecule has 27 heavy (non-hydrogen) atoms. The summed E-state index contributed by atoms with van der Waals surface area (Å²) in [7, 11) is 1.51. The summed E-state index contributed by atoms with van der Waals surface area (Å²) in [6.07, 6.45) is 1.37. The van der Waals surface area contributed by atoms with Crippen LogP contribution in [0.25, 0.3) is 6.08 Å². The van der Waals surface area contributed by atoms with Crippen molar-refractivity contribution in [1.82, 2.24) is 5.32 Å². The standard InChI is InChI=1S/C19H17BrINO5/c1-11(23)22-16(19(24)25)8-13-7-15(21)18(17(9-13)26-2)27-10-12-3-5-14(20)6-4-12/h3-9H,10H2,1-2H3,(H,22,23)(H,24,25). The van der Waals surface area contributed by atoms with E-state index in [0.717, 1.165) is 13.6 Å². The summed E-state index contributed by atoms with van der Waals surface area (Å²) < 4.78 is 13.0. The molecule has 142 valence electrons. The molecule has 0 aromatic heterocycles. The van der Waals surface area contributed by atoms with Gasteiger partial charge in [-0.1, -0.05) is 28.1 Å². The Hall–Kier alpha value is -2.07. The highest BCUT2D eigenvalue weighted by molar-refractivity contribution is 14.1. The summed E-state index contributed by atoms with van der Waals surface area (Å²) >= 11 is 5.49. The highest BCUT2D eigenvalue weighted by atomic mass is 127. The molecule has 6 nitrogen and oxygen atoms in total. The Morgan fingerprint density at radius 1 is 1.26 bits per heavy atom. The van der Waals surface area contributed by atoms with Gasteiger partial charge in [-0.25, -0.2) is 4.79 Å². The molecule has 0 saturated carbocycles. The summed E-state index contributed by atoms with van der Waals surface area (Å²) in [5.74, 6) is -0.651. The number of ether oxygens (including phenoxy) is 2. The number of benzene rings is 2. The van der Waals surface area contributed by atoms with Crippen molar-refractivity contribution in [2.75, 3.05) is 7.11 Å². The number of hydrogen-bond donors (Lipinski definition) is 2. The van der Waals surface area contributed by atoms with Crippen LogP contribution in [-0.4, -0.2) is 24.1 Å². The van der Waals surface area contributed by atoms with Gasteiger partial charge in [-0.15, -0.1) is 0 Å². The SMILES string of the molecule is COc1cc(C=C(NC(C)=O)C(=O)O)cc(I)c1OCc1ccc(Br)cc1. The average molecular weight is 546 g/mol. The van der Waals surface area contributed by atoms with E-state index >= 15 is 0 Å². The number of amides is 1. The normalized spacial score (nSPS) is 11.0. The summed E-state index contributed by atoms with van der Waals surface area (Å²) in [6.45, 7) is 1.61. The number of halogens is 2. The summed E-state index contributed by atoms with van der Waals surface area (Å²) in [4.78, 5) is 22.5. The van der Waals surface area contributed by atoms with E-state index in [2.05, 4.69) is 43.8 Å². The Balaban J connectivity index is 2.29. The first kappa shape index (κ1) is 21.2. The van der Waals surface area contributed by atoms with Crippen molar-refractivity contribution in [2.24, 2.45) is 0 Å². The number of methoxy groups -OCH3 is 1. The van der Waals surface area contributed by atoms with Gasteiger partial charge in [0.15, 0.2) is 11.5 Å². The van der Waals surface area contributed by atoms with Crippen LogP contribution in [0.1, 0.15) is 18.1 Å². The topological polar surface area (TPSA) is 84.9 Å². The Morgan fingerprint density at radius 2 is 1.93 bits per heavy atom. The molecule has 0 heterocycles. The van der Waals surface area contributed by atoms with E-state index in [-0.39, 0.29) is 5.70 Å². The third-order valence-corrected chi connectivity index (χ3v) is 4.73. The van der Waals surface area contributed by atoms with Crippen molar-refractivity contribution >= 4 is 56.5 Å². The van der Waals surface area contributed by atoms with Gasteiger partial charge >= 0.3 is 5.97 Å². The number of hydrogen-bond acceptors (Lipinski definition) is 4. The van der Waals surface area contributed by atoms with Crippen molar-refractivity contribution in [1.29, 1.82) is 0 Å². The number of rotatable bonds is 7. The lowest BCUT2D eigenvalue weighted by molar-refractivity contribution is -0.134. The van der Waals surface area contributed by atoms with Crippen molar-refractivity contribution < 1.29 is 24.2 Å². The molecule has 0 aliphatic rings. The highest BCUT2D eigenvalue weighted by Crippen LogP contribution is 2.35. The van der Waals surface area contributed by atoms with Gasteiger partial charge in [-0.2, -0.15) is 0 Å². The number of aliphatic carboxylic acids is 1. The number of nitrogens with one attached hydrogen (secondary N) is 1. The van der Waals surface area contributed by atoms with E-state index in [0.29, 0.717) is 23.7 Å². The molecule has 0 bridgehead atoms. The fourth-order valence-corrected chi connectivity index (χ4v) is 3.25. The zero-order valence-electron chi connectivity index (χ0n) is 14.6. The number of carbonyl (C=O) groups excluding carboxylic acids is 1. The summed E-state index contributed by atoms with van der Waals surface area (Å²) in [5, 5.41) is 11.5. The van der Waals surface area contributed by atoms with Crippen LogP contribution < -0.4 is 14.8 Å². The smallest absolute Gasteiger partial charge is 0.352 e. The van der Waals surface area contributed by atoms with Gasteiger partial charge < -0.3 is 19.9 Å². The van der Waals surface area contributed by atoms with Crippen LogP contribution in [0.15, 0.2) is 46.6 Å². The second kappa shape index (κ2) is 9.75. The van der Waals surface area contributed by atoms with Crippen molar-refractivity contribution in [2.45, 2.75) is 13.5 Å². The molecule has 1 amide bonds. The molecule has 0 fully saturated rings. The van der Waals surface area contributed by atoms with Crippen molar-refractivity contribution in [3.05, 3.63) is 61.3 Å². The van der Waals surface area contributed by atoms with Crippen LogP contribution in [0.5, 0.6) is 11.5 Å². The molecule has 0 saturated heterocycles. The Morgan fingerprint density at radius 3 is 2.48 bits per heavy atom. The fraction of sp³-hybridized carbons (Fsp3) is 0.158. The first-order valence-corrected chi connectivity index (χ1v) is 9.64. The second-order valence-corrected chi connectivity index (χ2v) is 7.57. The lowest BCUT2D eigenvalue weighted by Gasteiger charge is -2.14. The molecule has 2 aromatic carbocycles. The third kappa shape index (κ3) is 6.24. The summed E-state index contributed by atoms with van der Waals surface area (Å²) in [5.41, 5.74) is 1.35. The Kier molecular flexibility index (Phi) is 7.66. The van der Waals surface area contributed by atoms with Gasteiger partial charge in [0.05, 0.1) is 10.7 Å². The second-order valence-electron chi connectivity index (χ2n) is 5.49. The minimum absolute atomic E-state index is 0.219. The van der Waals surface area contributed by atoms with Crippen molar-refractivity contribution in [3.63, 3.8) is 0 Å². The first-order valence-electron chi connectivity index (χ1n) is 7.77. The lowest BCUT2D eigenvalue weighted by Crippen LogP contribution is -2.24. The van der Waals surface area contributed by atoms with Crippen LogP contribution in [0.2, 0.25) is 0 Å². The van der Waals surface area contributed by atoms with E-state index in [4.69, 9.17) is 9.47 Å². The molecule has 2 N–H and O–H groups in total. The maximum atomic E-state index is 11.3. The van der Waals surface area contributed by atoms with Crippen LogP contribution in [-0.2, 0) is 16.2 Å². The van der Waals surface area contributed by atoms with Gasteiger partial charge in [-0.05, 0) is 64.1 Å². The lowest BCUT2D eigenvalue weighted by atomic mass is 10.1. The Labute approximate surface area is 178 Å².